The number of hydrogen-bond acceptors (Lipinski definition) is 1. The smallest absolute Gasteiger partial charge is 0.187 e. The van der Waals surface area contributed by atoms with Gasteiger partial charge in [-0.05, 0) is 23.2 Å². The van der Waals surface area contributed by atoms with Crippen molar-refractivity contribution < 1.29 is 4.74 Å². The van der Waals surface area contributed by atoms with Crippen LogP contribution in [0.15, 0.2) is 35.6 Å². The number of rotatable bonds is 2. The topological polar surface area (TPSA) is 9.23 Å². The van der Waals surface area contributed by atoms with E-state index in [1.807, 2.05) is 30.3 Å². The van der Waals surface area contributed by atoms with Crippen molar-refractivity contribution in [1.29, 1.82) is 0 Å². The molecule has 0 spiro atoms. The maximum Gasteiger partial charge on any atom is 0.187 e. The largest absolute Gasteiger partial charge is 0.486 e. The molecule has 11 heavy (non-hydrogen) atoms. The van der Waals surface area contributed by atoms with E-state index in [0.29, 0.717) is 5.22 Å². The first-order valence-electron chi connectivity index (χ1n) is 3.29. The van der Waals surface area contributed by atoms with Gasteiger partial charge in [0.05, 0.1) is 7.11 Å². The molecule has 0 N–H and O–H groups in total. The van der Waals surface area contributed by atoms with Crippen LogP contribution in [0.3, 0.4) is 0 Å². The number of methoxy groups -OCH3 is 1. The Kier molecular flexibility index (Phi) is 2.99. The summed E-state index contributed by atoms with van der Waals surface area (Å²) in [6.45, 7) is 0. The third-order valence-electron chi connectivity index (χ3n) is 1.27. The molecular weight excluding hydrogens is 160 g/mol. The molecular formula is C9H9ClO. The Hall–Kier alpha value is -0.950. The maximum atomic E-state index is 5.64. The van der Waals surface area contributed by atoms with Gasteiger partial charge in [-0.15, -0.1) is 0 Å². The fourth-order valence-corrected chi connectivity index (χ4v) is 0.865. The summed E-state index contributed by atoms with van der Waals surface area (Å²) in [6.07, 6.45) is 1.77. The van der Waals surface area contributed by atoms with Crippen molar-refractivity contribution in [3.8, 4) is 0 Å². The zero-order valence-corrected chi connectivity index (χ0v) is 7.01. The minimum absolute atomic E-state index is 0.399. The van der Waals surface area contributed by atoms with Crippen molar-refractivity contribution >= 4 is 17.7 Å². The standard InChI is InChI=1S/C9H9ClO/c1-11-9(10)7-8-5-3-2-4-6-8/h2-7H,1H3. The molecule has 0 heterocycles. The SMILES string of the molecule is COC(Cl)=Cc1ccccc1. The molecule has 1 nitrogen and oxygen atoms in total. The van der Waals surface area contributed by atoms with Crippen LogP contribution in [-0.4, -0.2) is 7.11 Å². The van der Waals surface area contributed by atoms with E-state index in [-0.39, 0.29) is 0 Å². The average Bonchev–Trinajstić information content (AvgIpc) is 2.06. The molecule has 2 heteroatoms. The van der Waals surface area contributed by atoms with Gasteiger partial charge in [-0.2, -0.15) is 0 Å². The monoisotopic (exact) mass is 168 g/mol. The molecule has 0 aromatic heterocycles. The quantitative estimate of drug-likeness (QED) is 0.617. The third-order valence-corrected chi connectivity index (χ3v) is 1.54. The lowest BCUT2D eigenvalue weighted by Gasteiger charge is -1.95. The minimum Gasteiger partial charge on any atom is -0.486 e. The molecule has 0 bridgehead atoms. The van der Waals surface area contributed by atoms with Crippen molar-refractivity contribution in [2.24, 2.45) is 0 Å². The van der Waals surface area contributed by atoms with E-state index in [2.05, 4.69) is 0 Å². The summed E-state index contributed by atoms with van der Waals surface area (Å²) in [6, 6.07) is 9.78. The molecule has 58 valence electrons. The van der Waals surface area contributed by atoms with Crippen molar-refractivity contribution in [1.82, 2.24) is 0 Å². The van der Waals surface area contributed by atoms with Crippen LogP contribution < -0.4 is 0 Å². The minimum atomic E-state index is 0.399. The molecule has 1 aromatic carbocycles. The van der Waals surface area contributed by atoms with Crippen LogP contribution in [0.4, 0.5) is 0 Å². The summed E-state index contributed by atoms with van der Waals surface area (Å²) >= 11 is 5.64. The van der Waals surface area contributed by atoms with Gasteiger partial charge < -0.3 is 4.74 Å². The molecule has 0 amide bonds. The maximum absolute atomic E-state index is 5.64. The second-order valence-electron chi connectivity index (χ2n) is 2.06. The summed E-state index contributed by atoms with van der Waals surface area (Å²) in [5, 5.41) is 0.399. The Bertz CT molecular complexity index is 241. The lowest BCUT2D eigenvalue weighted by atomic mass is 10.2. The van der Waals surface area contributed by atoms with Gasteiger partial charge in [0.1, 0.15) is 0 Å². The van der Waals surface area contributed by atoms with Gasteiger partial charge in [0.15, 0.2) is 5.22 Å². The normalized spacial score (nSPS) is 11.3. The first-order chi connectivity index (χ1) is 5.33. The van der Waals surface area contributed by atoms with Gasteiger partial charge >= 0.3 is 0 Å². The molecule has 0 fully saturated rings. The number of benzene rings is 1. The summed E-state index contributed by atoms with van der Waals surface area (Å²) in [5.74, 6) is 0. The number of halogens is 1. The predicted molar refractivity (Wildman–Crippen MR) is 47.3 cm³/mol. The van der Waals surface area contributed by atoms with E-state index in [0.717, 1.165) is 5.56 Å². The molecule has 0 aliphatic heterocycles. The van der Waals surface area contributed by atoms with Crippen LogP contribution in [-0.2, 0) is 4.74 Å². The molecule has 1 aromatic rings. The van der Waals surface area contributed by atoms with Gasteiger partial charge in [0.25, 0.3) is 0 Å². The van der Waals surface area contributed by atoms with Gasteiger partial charge in [-0.1, -0.05) is 30.3 Å². The molecule has 0 radical (unpaired) electrons. The molecule has 0 saturated carbocycles. The van der Waals surface area contributed by atoms with Crippen molar-refractivity contribution in [3.63, 3.8) is 0 Å². The fourth-order valence-electron chi connectivity index (χ4n) is 0.739. The van der Waals surface area contributed by atoms with Gasteiger partial charge in [0, 0.05) is 0 Å². The lowest BCUT2D eigenvalue weighted by molar-refractivity contribution is 0.325. The Balaban J connectivity index is 2.79. The predicted octanol–water partition coefficient (Wildman–Crippen LogP) is 2.87. The van der Waals surface area contributed by atoms with Crippen molar-refractivity contribution in [2.45, 2.75) is 0 Å². The molecule has 0 atom stereocenters. The highest BCUT2D eigenvalue weighted by Gasteiger charge is 1.88. The third kappa shape index (κ3) is 2.64. The van der Waals surface area contributed by atoms with Crippen LogP contribution in [0.25, 0.3) is 6.08 Å². The Morgan fingerprint density at radius 3 is 2.55 bits per heavy atom. The highest BCUT2D eigenvalue weighted by Crippen LogP contribution is 2.09. The van der Waals surface area contributed by atoms with E-state index in [1.54, 1.807) is 13.2 Å². The van der Waals surface area contributed by atoms with Gasteiger partial charge in [-0.3, -0.25) is 0 Å². The summed E-state index contributed by atoms with van der Waals surface area (Å²) in [5.41, 5.74) is 1.04. The zero-order valence-electron chi connectivity index (χ0n) is 6.25. The molecule has 0 unspecified atom stereocenters. The van der Waals surface area contributed by atoms with E-state index >= 15 is 0 Å². The first-order valence-corrected chi connectivity index (χ1v) is 3.67. The van der Waals surface area contributed by atoms with Crippen LogP contribution in [0.2, 0.25) is 0 Å². The summed E-state index contributed by atoms with van der Waals surface area (Å²) in [4.78, 5) is 0. The van der Waals surface area contributed by atoms with Crippen molar-refractivity contribution in [2.75, 3.05) is 7.11 Å². The lowest BCUT2D eigenvalue weighted by Crippen LogP contribution is -1.75. The first kappa shape index (κ1) is 8.15. The van der Waals surface area contributed by atoms with Crippen LogP contribution >= 0.6 is 11.6 Å². The molecule has 0 aliphatic rings. The highest BCUT2D eigenvalue weighted by atomic mass is 35.5. The van der Waals surface area contributed by atoms with E-state index in [9.17, 15) is 0 Å². The van der Waals surface area contributed by atoms with Gasteiger partial charge in [-0.25, -0.2) is 0 Å². The second-order valence-corrected chi connectivity index (χ2v) is 2.44. The van der Waals surface area contributed by atoms with Crippen LogP contribution in [0.5, 0.6) is 0 Å². The molecule has 1 rings (SSSR count). The fraction of sp³-hybridized carbons (Fsp3) is 0.111. The number of ether oxygens (including phenoxy) is 1. The van der Waals surface area contributed by atoms with Gasteiger partial charge in [0.2, 0.25) is 0 Å². The average molecular weight is 169 g/mol. The summed E-state index contributed by atoms with van der Waals surface area (Å²) in [7, 11) is 1.54. The Morgan fingerprint density at radius 2 is 2.00 bits per heavy atom. The highest BCUT2D eigenvalue weighted by molar-refractivity contribution is 6.30. The second kappa shape index (κ2) is 4.04. The Labute approximate surface area is 71.3 Å². The van der Waals surface area contributed by atoms with E-state index < -0.39 is 0 Å². The number of hydrogen-bond donors (Lipinski definition) is 0. The van der Waals surface area contributed by atoms with Crippen LogP contribution in [0, 0.1) is 0 Å². The van der Waals surface area contributed by atoms with E-state index in [1.165, 1.54) is 0 Å². The molecule has 0 aliphatic carbocycles. The van der Waals surface area contributed by atoms with E-state index in [4.69, 9.17) is 16.3 Å². The van der Waals surface area contributed by atoms with Crippen LogP contribution in [0.1, 0.15) is 5.56 Å². The Morgan fingerprint density at radius 1 is 1.36 bits per heavy atom. The summed E-state index contributed by atoms with van der Waals surface area (Å²) < 4.78 is 4.78. The zero-order chi connectivity index (χ0) is 8.10. The molecule has 0 saturated heterocycles. The van der Waals surface area contributed by atoms with Crippen molar-refractivity contribution in [3.05, 3.63) is 41.1 Å².